The molecule has 1 atom stereocenters. The van der Waals surface area contributed by atoms with E-state index in [4.69, 9.17) is 5.73 Å². The molecule has 3 rings (SSSR count). The highest BCUT2D eigenvalue weighted by molar-refractivity contribution is 5.71. The van der Waals surface area contributed by atoms with Crippen LogP contribution in [0.2, 0.25) is 0 Å². The molecule has 2 N–H and O–H groups in total. The summed E-state index contributed by atoms with van der Waals surface area (Å²) in [5.41, 5.74) is 8.51. The molecule has 0 amide bonds. The molecule has 0 spiro atoms. The van der Waals surface area contributed by atoms with Crippen LogP contribution in [0.4, 0.5) is 10.2 Å². The van der Waals surface area contributed by atoms with Gasteiger partial charge in [-0.1, -0.05) is 6.92 Å². The summed E-state index contributed by atoms with van der Waals surface area (Å²) >= 11 is 0. The van der Waals surface area contributed by atoms with E-state index in [1.165, 1.54) is 6.07 Å². The fraction of sp³-hybridized carbons (Fsp3) is 0.400. The number of benzene rings is 1. The first kappa shape index (κ1) is 12.2. The predicted molar refractivity (Wildman–Crippen MR) is 74.4 cm³/mol. The van der Waals surface area contributed by atoms with Crippen LogP contribution in [0.1, 0.15) is 37.1 Å². The van der Waals surface area contributed by atoms with Crippen LogP contribution in [-0.4, -0.2) is 9.55 Å². The van der Waals surface area contributed by atoms with Crippen molar-refractivity contribution in [3.63, 3.8) is 0 Å². The summed E-state index contributed by atoms with van der Waals surface area (Å²) in [4.78, 5) is 4.69. The Balaban J connectivity index is 2.13. The van der Waals surface area contributed by atoms with Crippen molar-refractivity contribution >= 4 is 5.82 Å². The monoisotopic (exact) mass is 259 g/mol. The van der Waals surface area contributed by atoms with E-state index in [9.17, 15) is 4.39 Å². The largest absolute Gasteiger partial charge is 0.383 e. The first-order chi connectivity index (χ1) is 9.08. The molecule has 1 aromatic carbocycles. The summed E-state index contributed by atoms with van der Waals surface area (Å²) in [6.07, 6.45) is 2.29. The van der Waals surface area contributed by atoms with Crippen LogP contribution in [0.15, 0.2) is 18.2 Å². The zero-order chi connectivity index (χ0) is 13.6. The number of aryl methyl sites for hydroxylation is 1. The molecule has 2 heterocycles. The van der Waals surface area contributed by atoms with Gasteiger partial charge in [0.1, 0.15) is 23.2 Å². The number of imidazole rings is 1. The quantitative estimate of drug-likeness (QED) is 0.852. The zero-order valence-electron chi connectivity index (χ0n) is 11.3. The van der Waals surface area contributed by atoms with Crippen molar-refractivity contribution in [3.8, 4) is 11.3 Å². The average Bonchev–Trinajstić information content (AvgIpc) is 2.72. The number of nitrogens with zero attached hydrogens (tertiary/aromatic N) is 2. The maximum atomic E-state index is 13.3. The van der Waals surface area contributed by atoms with Crippen LogP contribution in [0.5, 0.6) is 0 Å². The molecule has 0 saturated carbocycles. The maximum Gasteiger partial charge on any atom is 0.131 e. The molecule has 4 heteroatoms. The Morgan fingerprint density at radius 2 is 2.21 bits per heavy atom. The first-order valence-electron chi connectivity index (χ1n) is 6.70. The number of halogens is 1. The van der Waals surface area contributed by atoms with Crippen LogP contribution in [0.3, 0.4) is 0 Å². The Morgan fingerprint density at radius 3 is 2.89 bits per heavy atom. The van der Waals surface area contributed by atoms with Gasteiger partial charge in [0.2, 0.25) is 0 Å². The lowest BCUT2D eigenvalue weighted by Crippen LogP contribution is -2.15. The van der Waals surface area contributed by atoms with Crippen molar-refractivity contribution in [2.24, 2.45) is 0 Å². The number of hydrogen-bond acceptors (Lipinski definition) is 2. The van der Waals surface area contributed by atoms with Crippen molar-refractivity contribution in [1.29, 1.82) is 0 Å². The Labute approximate surface area is 112 Å². The van der Waals surface area contributed by atoms with E-state index in [-0.39, 0.29) is 5.82 Å². The molecule has 0 saturated heterocycles. The molecule has 3 nitrogen and oxygen atoms in total. The van der Waals surface area contributed by atoms with E-state index in [1.54, 1.807) is 13.0 Å². The molecule has 1 aromatic heterocycles. The van der Waals surface area contributed by atoms with Crippen molar-refractivity contribution in [2.45, 2.75) is 39.2 Å². The van der Waals surface area contributed by atoms with Crippen LogP contribution >= 0.6 is 0 Å². The zero-order valence-corrected chi connectivity index (χ0v) is 11.3. The molecular weight excluding hydrogens is 241 g/mol. The lowest BCUT2D eigenvalue weighted by atomic mass is 10.0. The highest BCUT2D eigenvalue weighted by Crippen LogP contribution is 2.34. The van der Waals surface area contributed by atoms with Gasteiger partial charge in [-0.3, -0.25) is 0 Å². The highest BCUT2D eigenvalue weighted by atomic mass is 19.1. The molecule has 1 aliphatic heterocycles. The van der Waals surface area contributed by atoms with Gasteiger partial charge in [-0.15, -0.1) is 0 Å². The molecular formula is C15H18FN3. The van der Waals surface area contributed by atoms with Gasteiger partial charge >= 0.3 is 0 Å². The maximum absolute atomic E-state index is 13.3. The normalized spacial score (nSPS) is 18.4. The molecule has 0 fully saturated rings. The molecule has 2 aromatic rings. The van der Waals surface area contributed by atoms with Crippen molar-refractivity contribution in [2.75, 3.05) is 5.73 Å². The summed E-state index contributed by atoms with van der Waals surface area (Å²) in [5, 5.41) is 0. The number of nitrogens with two attached hydrogens (primary N) is 1. The minimum atomic E-state index is -0.195. The number of aromatic nitrogens is 2. The van der Waals surface area contributed by atoms with Gasteiger partial charge < -0.3 is 10.3 Å². The SMILES string of the molecule is Cc1cc(-c2nc3n(c2N)CCCC3C)ccc1F. The summed E-state index contributed by atoms with van der Waals surface area (Å²) in [6.45, 7) is 4.86. The van der Waals surface area contributed by atoms with Gasteiger partial charge in [0.05, 0.1) is 0 Å². The summed E-state index contributed by atoms with van der Waals surface area (Å²) in [6, 6.07) is 5.04. The van der Waals surface area contributed by atoms with E-state index in [0.29, 0.717) is 17.3 Å². The fourth-order valence-corrected chi connectivity index (χ4v) is 2.78. The number of hydrogen-bond donors (Lipinski definition) is 1. The molecule has 1 unspecified atom stereocenters. The van der Waals surface area contributed by atoms with Crippen LogP contribution < -0.4 is 5.73 Å². The molecule has 0 bridgehead atoms. The van der Waals surface area contributed by atoms with Crippen LogP contribution in [0, 0.1) is 12.7 Å². The van der Waals surface area contributed by atoms with E-state index in [2.05, 4.69) is 16.5 Å². The van der Waals surface area contributed by atoms with E-state index in [1.807, 2.05) is 6.07 Å². The van der Waals surface area contributed by atoms with Gasteiger partial charge in [0.15, 0.2) is 0 Å². The molecule has 0 radical (unpaired) electrons. The van der Waals surface area contributed by atoms with Gasteiger partial charge in [0.25, 0.3) is 0 Å². The van der Waals surface area contributed by atoms with Gasteiger partial charge in [-0.05, 0) is 43.5 Å². The van der Waals surface area contributed by atoms with Gasteiger partial charge in [-0.2, -0.15) is 0 Å². The summed E-state index contributed by atoms with van der Waals surface area (Å²) < 4.78 is 15.4. The van der Waals surface area contributed by atoms with Gasteiger partial charge in [-0.25, -0.2) is 9.37 Å². The molecule has 19 heavy (non-hydrogen) atoms. The second kappa shape index (κ2) is 4.37. The summed E-state index contributed by atoms with van der Waals surface area (Å²) in [7, 11) is 0. The third kappa shape index (κ3) is 1.91. The van der Waals surface area contributed by atoms with Crippen LogP contribution in [-0.2, 0) is 6.54 Å². The lowest BCUT2D eigenvalue weighted by molar-refractivity contribution is 0.467. The number of anilines is 1. The Kier molecular flexibility index (Phi) is 2.81. The number of nitrogen functional groups attached to an aromatic ring is 1. The van der Waals surface area contributed by atoms with Crippen molar-refractivity contribution in [3.05, 3.63) is 35.4 Å². The third-order valence-electron chi connectivity index (χ3n) is 3.93. The predicted octanol–water partition coefficient (Wildman–Crippen LogP) is 3.48. The van der Waals surface area contributed by atoms with Gasteiger partial charge in [0, 0.05) is 18.0 Å². The van der Waals surface area contributed by atoms with E-state index in [0.717, 1.165) is 36.5 Å². The molecule has 0 aliphatic carbocycles. The summed E-state index contributed by atoms with van der Waals surface area (Å²) in [5.74, 6) is 2.00. The Bertz CT molecular complexity index is 631. The molecule has 100 valence electrons. The Morgan fingerprint density at radius 1 is 1.42 bits per heavy atom. The van der Waals surface area contributed by atoms with E-state index >= 15 is 0 Å². The number of rotatable bonds is 1. The highest BCUT2D eigenvalue weighted by Gasteiger charge is 2.23. The smallest absolute Gasteiger partial charge is 0.131 e. The first-order valence-corrected chi connectivity index (χ1v) is 6.70. The molecule has 1 aliphatic rings. The second-order valence-electron chi connectivity index (χ2n) is 5.36. The van der Waals surface area contributed by atoms with Crippen molar-refractivity contribution < 1.29 is 4.39 Å². The topological polar surface area (TPSA) is 43.8 Å². The number of fused-ring (bicyclic) bond motifs is 1. The average molecular weight is 259 g/mol. The Hall–Kier alpha value is -1.84. The second-order valence-corrected chi connectivity index (χ2v) is 5.36. The fourth-order valence-electron chi connectivity index (χ4n) is 2.78. The lowest BCUT2D eigenvalue weighted by Gasteiger charge is -2.20. The van der Waals surface area contributed by atoms with Crippen LogP contribution in [0.25, 0.3) is 11.3 Å². The third-order valence-corrected chi connectivity index (χ3v) is 3.93. The minimum Gasteiger partial charge on any atom is -0.383 e. The van der Waals surface area contributed by atoms with E-state index < -0.39 is 0 Å². The minimum absolute atomic E-state index is 0.195. The standard InChI is InChI=1S/C15H18FN3/c1-9-4-3-7-19-14(17)13(18-15(9)19)11-5-6-12(16)10(2)8-11/h5-6,8-9H,3-4,7,17H2,1-2H3. The van der Waals surface area contributed by atoms with Crippen molar-refractivity contribution in [1.82, 2.24) is 9.55 Å².